The second kappa shape index (κ2) is 6.79. The monoisotopic (exact) mass is 315 g/mol. The number of amides is 1. The van der Waals surface area contributed by atoms with Crippen LogP contribution in [0.25, 0.3) is 6.08 Å². The van der Waals surface area contributed by atoms with Crippen molar-refractivity contribution in [3.05, 3.63) is 58.4 Å². The molecular formula is C17H18ClN3O. The van der Waals surface area contributed by atoms with Crippen LogP contribution in [0.1, 0.15) is 29.7 Å². The van der Waals surface area contributed by atoms with Crippen molar-refractivity contribution in [2.75, 3.05) is 0 Å². The number of aryl methyl sites for hydroxylation is 1. The molecule has 4 nitrogen and oxygen atoms in total. The van der Waals surface area contributed by atoms with E-state index in [-0.39, 0.29) is 5.91 Å². The van der Waals surface area contributed by atoms with Crippen LogP contribution < -0.4 is 5.32 Å². The van der Waals surface area contributed by atoms with Crippen molar-refractivity contribution in [3.63, 3.8) is 0 Å². The first-order chi connectivity index (χ1) is 10.7. The third-order valence-electron chi connectivity index (χ3n) is 3.84. The van der Waals surface area contributed by atoms with E-state index in [4.69, 9.17) is 11.6 Å². The Morgan fingerprint density at radius 2 is 2.23 bits per heavy atom. The maximum Gasteiger partial charge on any atom is 0.244 e. The van der Waals surface area contributed by atoms with Crippen molar-refractivity contribution in [2.45, 2.75) is 32.4 Å². The highest BCUT2D eigenvalue weighted by Gasteiger charge is 2.14. The molecule has 0 radical (unpaired) electrons. The maximum atomic E-state index is 11.9. The predicted octanol–water partition coefficient (Wildman–Crippen LogP) is 3.20. The topological polar surface area (TPSA) is 46.9 Å². The van der Waals surface area contributed by atoms with Gasteiger partial charge in [0.05, 0.1) is 6.20 Å². The molecule has 1 aliphatic heterocycles. The Hall–Kier alpha value is -2.07. The molecule has 0 fully saturated rings. The van der Waals surface area contributed by atoms with E-state index < -0.39 is 0 Å². The molecular weight excluding hydrogens is 298 g/mol. The third kappa shape index (κ3) is 3.39. The van der Waals surface area contributed by atoms with Gasteiger partial charge in [-0.15, -0.1) is 0 Å². The molecule has 1 amide bonds. The van der Waals surface area contributed by atoms with E-state index in [1.54, 1.807) is 12.1 Å². The molecule has 0 saturated heterocycles. The van der Waals surface area contributed by atoms with Crippen LogP contribution in [0, 0.1) is 0 Å². The summed E-state index contributed by atoms with van der Waals surface area (Å²) in [6.45, 7) is 1.50. The molecule has 1 aromatic carbocycles. The summed E-state index contributed by atoms with van der Waals surface area (Å²) in [6.07, 6.45) is 8.52. The van der Waals surface area contributed by atoms with Gasteiger partial charge in [0.1, 0.15) is 0 Å². The minimum absolute atomic E-state index is 0.129. The van der Waals surface area contributed by atoms with Crippen LogP contribution in [0.15, 0.2) is 36.5 Å². The molecule has 1 N–H and O–H groups in total. The highest BCUT2D eigenvalue weighted by molar-refractivity contribution is 6.32. The van der Waals surface area contributed by atoms with Gasteiger partial charge in [-0.2, -0.15) is 5.10 Å². The van der Waals surface area contributed by atoms with Crippen molar-refractivity contribution < 1.29 is 4.79 Å². The fourth-order valence-corrected chi connectivity index (χ4v) is 2.85. The number of rotatable bonds is 4. The fourth-order valence-electron chi connectivity index (χ4n) is 2.65. The van der Waals surface area contributed by atoms with Crippen molar-refractivity contribution in [3.8, 4) is 0 Å². The first-order valence-electron chi connectivity index (χ1n) is 7.48. The van der Waals surface area contributed by atoms with E-state index in [2.05, 4.69) is 10.4 Å². The standard InChI is InChI=1S/C17H18ClN3O/c18-15-6-2-1-5-13(15)8-9-17(22)19-11-14-12-20-21-10-4-3-7-16(14)21/h1-2,5-6,8-9,12H,3-4,7,10-11H2,(H,19,22)/b9-8+. The Labute approximate surface area is 134 Å². The van der Waals surface area contributed by atoms with Crippen LogP contribution in [-0.4, -0.2) is 15.7 Å². The Kier molecular flexibility index (Phi) is 4.59. The maximum absolute atomic E-state index is 11.9. The van der Waals surface area contributed by atoms with Gasteiger partial charge in [-0.25, -0.2) is 0 Å². The molecule has 2 heterocycles. The molecule has 0 saturated carbocycles. The van der Waals surface area contributed by atoms with Crippen molar-refractivity contribution in [1.29, 1.82) is 0 Å². The van der Waals surface area contributed by atoms with Gasteiger partial charge >= 0.3 is 0 Å². The second-order valence-corrected chi connectivity index (χ2v) is 5.78. The summed E-state index contributed by atoms with van der Waals surface area (Å²) < 4.78 is 2.05. The summed E-state index contributed by atoms with van der Waals surface area (Å²) in [5.41, 5.74) is 3.20. The summed E-state index contributed by atoms with van der Waals surface area (Å²) >= 11 is 6.05. The van der Waals surface area contributed by atoms with Crippen molar-refractivity contribution >= 4 is 23.6 Å². The quantitative estimate of drug-likeness (QED) is 0.881. The van der Waals surface area contributed by atoms with Crippen LogP contribution in [0.5, 0.6) is 0 Å². The van der Waals surface area contributed by atoms with E-state index in [9.17, 15) is 4.79 Å². The number of halogens is 1. The first-order valence-corrected chi connectivity index (χ1v) is 7.86. The van der Waals surface area contributed by atoms with E-state index in [0.29, 0.717) is 11.6 Å². The zero-order valence-corrected chi connectivity index (χ0v) is 13.0. The molecule has 0 aliphatic carbocycles. The smallest absolute Gasteiger partial charge is 0.244 e. The lowest BCUT2D eigenvalue weighted by atomic mass is 10.1. The number of hydrogen-bond acceptors (Lipinski definition) is 2. The number of carbonyl (C=O) groups excluding carboxylic acids is 1. The number of nitrogens with zero attached hydrogens (tertiary/aromatic N) is 2. The van der Waals surface area contributed by atoms with E-state index in [1.807, 2.05) is 29.1 Å². The Bertz CT molecular complexity index is 706. The van der Waals surface area contributed by atoms with Gasteiger partial charge in [0, 0.05) is 35.4 Å². The van der Waals surface area contributed by atoms with Gasteiger partial charge in [-0.3, -0.25) is 9.48 Å². The van der Waals surface area contributed by atoms with Crippen LogP contribution in [-0.2, 0) is 24.3 Å². The third-order valence-corrected chi connectivity index (χ3v) is 4.19. The van der Waals surface area contributed by atoms with Crippen molar-refractivity contribution in [1.82, 2.24) is 15.1 Å². The zero-order valence-electron chi connectivity index (χ0n) is 12.3. The van der Waals surface area contributed by atoms with Gasteiger partial charge in [0.25, 0.3) is 0 Å². The fraction of sp³-hybridized carbons (Fsp3) is 0.294. The number of carbonyl (C=O) groups is 1. The lowest BCUT2D eigenvalue weighted by molar-refractivity contribution is -0.116. The number of benzene rings is 1. The molecule has 0 spiro atoms. The molecule has 1 aromatic heterocycles. The van der Waals surface area contributed by atoms with Gasteiger partial charge in [-0.1, -0.05) is 29.8 Å². The number of aromatic nitrogens is 2. The average Bonchev–Trinajstić information content (AvgIpc) is 2.95. The average molecular weight is 316 g/mol. The molecule has 2 aromatic rings. The van der Waals surface area contributed by atoms with E-state index >= 15 is 0 Å². The summed E-state index contributed by atoms with van der Waals surface area (Å²) in [7, 11) is 0. The number of hydrogen-bond donors (Lipinski definition) is 1. The molecule has 0 bridgehead atoms. The minimum atomic E-state index is -0.129. The first kappa shape index (κ1) is 14.9. The lowest BCUT2D eigenvalue weighted by Gasteiger charge is -2.14. The van der Waals surface area contributed by atoms with Gasteiger partial charge in [0.15, 0.2) is 0 Å². The summed E-state index contributed by atoms with van der Waals surface area (Å²) in [5.74, 6) is -0.129. The Morgan fingerprint density at radius 3 is 3.09 bits per heavy atom. The van der Waals surface area contributed by atoms with Crippen LogP contribution >= 0.6 is 11.6 Å². The van der Waals surface area contributed by atoms with E-state index in [0.717, 1.165) is 24.1 Å². The van der Waals surface area contributed by atoms with Crippen LogP contribution in [0.3, 0.4) is 0 Å². The molecule has 0 unspecified atom stereocenters. The van der Waals surface area contributed by atoms with Gasteiger partial charge < -0.3 is 5.32 Å². The second-order valence-electron chi connectivity index (χ2n) is 5.37. The number of nitrogens with one attached hydrogen (secondary N) is 1. The summed E-state index contributed by atoms with van der Waals surface area (Å²) in [5, 5.41) is 7.91. The Morgan fingerprint density at radius 1 is 1.36 bits per heavy atom. The molecule has 114 valence electrons. The van der Waals surface area contributed by atoms with E-state index in [1.165, 1.54) is 24.6 Å². The minimum Gasteiger partial charge on any atom is -0.348 e. The summed E-state index contributed by atoms with van der Waals surface area (Å²) in [6, 6.07) is 7.43. The SMILES string of the molecule is O=C(/C=C/c1ccccc1Cl)NCc1cnn2c1CCCC2. The van der Waals surface area contributed by atoms with Crippen LogP contribution in [0.2, 0.25) is 5.02 Å². The molecule has 3 rings (SSSR count). The molecule has 1 aliphatic rings. The van der Waals surface area contributed by atoms with Crippen molar-refractivity contribution in [2.24, 2.45) is 0 Å². The highest BCUT2D eigenvalue weighted by atomic mass is 35.5. The normalized spacial score (nSPS) is 14.0. The molecule has 5 heteroatoms. The largest absolute Gasteiger partial charge is 0.348 e. The van der Waals surface area contributed by atoms with Gasteiger partial charge in [-0.05, 0) is 37.0 Å². The lowest BCUT2D eigenvalue weighted by Crippen LogP contribution is -2.21. The highest BCUT2D eigenvalue weighted by Crippen LogP contribution is 2.18. The predicted molar refractivity (Wildman–Crippen MR) is 87.5 cm³/mol. The molecule has 22 heavy (non-hydrogen) atoms. The van der Waals surface area contributed by atoms with Crippen LogP contribution in [0.4, 0.5) is 0 Å². The van der Waals surface area contributed by atoms with Gasteiger partial charge in [0.2, 0.25) is 5.91 Å². The Balaban J connectivity index is 1.59. The summed E-state index contributed by atoms with van der Waals surface area (Å²) in [4.78, 5) is 11.9. The zero-order chi connectivity index (χ0) is 15.4. The molecule has 0 atom stereocenters. The number of fused-ring (bicyclic) bond motifs is 1.